The summed E-state index contributed by atoms with van der Waals surface area (Å²) in [6, 6.07) is 67.7. The van der Waals surface area contributed by atoms with Gasteiger partial charge in [-0.1, -0.05) is 189 Å². The van der Waals surface area contributed by atoms with E-state index in [4.69, 9.17) is 9.97 Å². The number of benzene rings is 9. The lowest BCUT2D eigenvalue weighted by atomic mass is 9.87. The first-order chi connectivity index (χ1) is 26.7. The molecule has 0 spiro atoms. The maximum absolute atomic E-state index is 5.25. The van der Waals surface area contributed by atoms with Crippen molar-refractivity contribution in [2.45, 2.75) is 13.3 Å². The lowest BCUT2D eigenvalue weighted by Crippen LogP contribution is -2.02. The van der Waals surface area contributed by atoms with Gasteiger partial charge >= 0.3 is 0 Å². The van der Waals surface area contributed by atoms with E-state index in [-0.39, 0.29) is 0 Å². The molecule has 0 atom stereocenters. The van der Waals surface area contributed by atoms with Gasteiger partial charge < -0.3 is 0 Å². The largest absolute Gasteiger partial charge is 0.228 e. The first-order valence-electron chi connectivity index (χ1n) is 18.7. The number of nitrogens with zero attached hydrogens (tertiary/aromatic N) is 2. The Morgan fingerprint density at radius 1 is 0.352 bits per heavy atom. The molecule has 1 aromatic heterocycles. The van der Waals surface area contributed by atoms with Gasteiger partial charge in [-0.05, 0) is 77.8 Å². The van der Waals surface area contributed by atoms with Gasteiger partial charge in [0, 0.05) is 22.3 Å². The molecule has 0 radical (unpaired) electrons. The van der Waals surface area contributed by atoms with Crippen LogP contribution in [0.5, 0.6) is 0 Å². The van der Waals surface area contributed by atoms with Crippen LogP contribution in [0.25, 0.3) is 99.2 Å². The Hall–Kier alpha value is -6.90. The zero-order valence-corrected chi connectivity index (χ0v) is 30.0. The lowest BCUT2D eigenvalue weighted by Gasteiger charge is -2.18. The summed E-state index contributed by atoms with van der Waals surface area (Å²) in [6.07, 6.45) is 0.815. The van der Waals surface area contributed by atoms with Gasteiger partial charge in [0.1, 0.15) is 0 Å². The summed E-state index contributed by atoms with van der Waals surface area (Å²) in [6.45, 7) is 2.20. The van der Waals surface area contributed by atoms with Crippen LogP contribution in [0, 0.1) is 0 Å². The van der Waals surface area contributed by atoms with Crippen LogP contribution in [0.4, 0.5) is 0 Å². The number of fused-ring (bicyclic) bond motifs is 7. The Morgan fingerprint density at radius 2 is 0.815 bits per heavy atom. The molecule has 54 heavy (non-hydrogen) atoms. The second kappa shape index (κ2) is 13.3. The van der Waals surface area contributed by atoms with Crippen molar-refractivity contribution >= 4 is 43.1 Å². The fourth-order valence-electron chi connectivity index (χ4n) is 8.30. The molecule has 0 bridgehead atoms. The molecule has 0 unspecified atom stereocenters. The van der Waals surface area contributed by atoms with E-state index in [1.165, 1.54) is 65.3 Å². The van der Waals surface area contributed by atoms with Crippen molar-refractivity contribution in [2.75, 3.05) is 0 Å². The van der Waals surface area contributed by atoms with Gasteiger partial charge in [-0.3, -0.25) is 0 Å². The van der Waals surface area contributed by atoms with Crippen LogP contribution in [0.2, 0.25) is 0 Å². The fourth-order valence-corrected chi connectivity index (χ4v) is 8.30. The third-order valence-corrected chi connectivity index (χ3v) is 10.9. The molecule has 0 saturated heterocycles. The molecule has 0 aliphatic rings. The third-order valence-electron chi connectivity index (χ3n) is 10.9. The molecule has 2 heteroatoms. The van der Waals surface area contributed by atoms with Crippen LogP contribution < -0.4 is 0 Å². The molecule has 2 nitrogen and oxygen atoms in total. The van der Waals surface area contributed by atoms with Crippen LogP contribution in [-0.2, 0) is 6.42 Å². The molecule has 0 fully saturated rings. The highest BCUT2D eigenvalue weighted by molar-refractivity contribution is 6.26. The van der Waals surface area contributed by atoms with Gasteiger partial charge in [0.2, 0.25) is 0 Å². The number of hydrogen-bond acceptors (Lipinski definition) is 2. The van der Waals surface area contributed by atoms with Crippen molar-refractivity contribution in [3.63, 3.8) is 0 Å². The van der Waals surface area contributed by atoms with E-state index in [0.29, 0.717) is 0 Å². The van der Waals surface area contributed by atoms with Crippen molar-refractivity contribution in [1.82, 2.24) is 9.97 Å². The summed E-state index contributed by atoms with van der Waals surface area (Å²) < 4.78 is 0. The predicted octanol–water partition coefficient (Wildman–Crippen LogP) is 14.0. The summed E-state index contributed by atoms with van der Waals surface area (Å²) in [7, 11) is 0. The molecule has 0 saturated carbocycles. The standard InChI is InChI=1S/C52H36N2/c1-2-40-50(36-16-5-3-6-17-36)53-52(38-18-7-4-8-19-38)54-51(40)37-27-25-35(26-28-37)49-41-20-10-9-15-34(41)29-31-42(49)39-30-32-47-45-23-12-11-21-43(45)44-22-13-14-24-46(44)48(47)33-39/h3-33H,2H2,1H3. The monoisotopic (exact) mass is 688 g/mol. The molecule has 0 amide bonds. The summed E-state index contributed by atoms with van der Waals surface area (Å²) in [5.41, 5.74) is 11.1. The molecular formula is C52H36N2. The summed E-state index contributed by atoms with van der Waals surface area (Å²) >= 11 is 0. The van der Waals surface area contributed by atoms with Crippen LogP contribution in [0.15, 0.2) is 188 Å². The highest BCUT2D eigenvalue weighted by atomic mass is 14.9. The van der Waals surface area contributed by atoms with E-state index in [1.54, 1.807) is 0 Å². The highest BCUT2D eigenvalue weighted by Gasteiger charge is 2.19. The maximum Gasteiger partial charge on any atom is 0.160 e. The van der Waals surface area contributed by atoms with Gasteiger partial charge in [-0.25, -0.2) is 9.97 Å². The minimum atomic E-state index is 0.735. The van der Waals surface area contributed by atoms with E-state index in [0.717, 1.165) is 45.9 Å². The molecule has 10 rings (SSSR count). The number of hydrogen-bond donors (Lipinski definition) is 0. The Labute approximate surface area is 315 Å². The SMILES string of the molecule is CCc1c(-c2ccccc2)nc(-c2ccccc2)nc1-c1ccc(-c2c(-c3ccc4c5ccccc5c5ccccc5c4c3)ccc3ccccc23)cc1. The molecule has 1 heterocycles. The van der Waals surface area contributed by atoms with Crippen LogP contribution in [0.3, 0.4) is 0 Å². The molecule has 0 aliphatic carbocycles. The molecular weight excluding hydrogens is 653 g/mol. The van der Waals surface area contributed by atoms with Crippen LogP contribution >= 0.6 is 0 Å². The Morgan fingerprint density at radius 3 is 1.43 bits per heavy atom. The van der Waals surface area contributed by atoms with E-state index in [1.807, 2.05) is 18.2 Å². The Bertz CT molecular complexity index is 2970. The molecule has 0 N–H and O–H groups in total. The van der Waals surface area contributed by atoms with Gasteiger partial charge in [0.25, 0.3) is 0 Å². The van der Waals surface area contributed by atoms with Gasteiger partial charge in [0.15, 0.2) is 5.82 Å². The second-order valence-corrected chi connectivity index (χ2v) is 13.9. The van der Waals surface area contributed by atoms with Crippen molar-refractivity contribution in [3.8, 4) is 56.2 Å². The van der Waals surface area contributed by atoms with Crippen LogP contribution in [-0.4, -0.2) is 9.97 Å². The minimum Gasteiger partial charge on any atom is -0.228 e. The molecule has 0 aliphatic heterocycles. The average molecular weight is 689 g/mol. The van der Waals surface area contributed by atoms with E-state index in [9.17, 15) is 0 Å². The molecule has 9 aromatic carbocycles. The zero-order valence-electron chi connectivity index (χ0n) is 30.0. The van der Waals surface area contributed by atoms with Crippen molar-refractivity contribution in [1.29, 1.82) is 0 Å². The van der Waals surface area contributed by atoms with Gasteiger partial charge in [-0.15, -0.1) is 0 Å². The van der Waals surface area contributed by atoms with E-state index >= 15 is 0 Å². The van der Waals surface area contributed by atoms with E-state index in [2.05, 4.69) is 177 Å². The summed E-state index contributed by atoms with van der Waals surface area (Å²) in [5, 5.41) is 10.2. The zero-order chi connectivity index (χ0) is 36.0. The highest BCUT2D eigenvalue weighted by Crippen LogP contribution is 2.43. The second-order valence-electron chi connectivity index (χ2n) is 13.9. The Kier molecular flexibility index (Phi) is 7.81. The smallest absolute Gasteiger partial charge is 0.160 e. The van der Waals surface area contributed by atoms with Crippen LogP contribution in [0.1, 0.15) is 12.5 Å². The number of rotatable bonds is 6. The normalized spacial score (nSPS) is 11.5. The Balaban J connectivity index is 1.16. The fraction of sp³-hybridized carbons (Fsp3) is 0.0385. The van der Waals surface area contributed by atoms with Gasteiger partial charge in [-0.2, -0.15) is 0 Å². The molecule has 10 aromatic rings. The topological polar surface area (TPSA) is 25.8 Å². The minimum absolute atomic E-state index is 0.735. The summed E-state index contributed by atoms with van der Waals surface area (Å²) in [4.78, 5) is 10.4. The average Bonchev–Trinajstić information content (AvgIpc) is 3.26. The molecule has 254 valence electrons. The third kappa shape index (κ3) is 5.35. The number of aromatic nitrogens is 2. The quantitative estimate of drug-likeness (QED) is 0.163. The maximum atomic E-state index is 5.25. The van der Waals surface area contributed by atoms with Crippen molar-refractivity contribution in [3.05, 3.63) is 194 Å². The van der Waals surface area contributed by atoms with Crippen molar-refractivity contribution in [2.24, 2.45) is 0 Å². The first kappa shape index (κ1) is 31.8. The van der Waals surface area contributed by atoms with Crippen molar-refractivity contribution < 1.29 is 0 Å². The van der Waals surface area contributed by atoms with E-state index < -0.39 is 0 Å². The first-order valence-corrected chi connectivity index (χ1v) is 18.7. The predicted molar refractivity (Wildman–Crippen MR) is 229 cm³/mol. The summed E-state index contributed by atoms with van der Waals surface area (Å²) in [5.74, 6) is 0.735. The lowest BCUT2D eigenvalue weighted by molar-refractivity contribution is 1.06. The van der Waals surface area contributed by atoms with Gasteiger partial charge in [0.05, 0.1) is 11.4 Å².